The van der Waals surface area contributed by atoms with Crippen LogP contribution < -0.4 is 14.8 Å². The lowest BCUT2D eigenvalue weighted by molar-refractivity contribution is -0.135. The fourth-order valence-electron chi connectivity index (χ4n) is 2.53. The molecular weight excluding hydrogens is 382 g/mol. The molecule has 0 aliphatic carbocycles. The SMILES string of the molecule is O=C(CSc1nnnn1-c1ccccc1)NC(=O)[C@@H]1COc2ccccc2O1. The first-order valence-electron chi connectivity index (χ1n) is 8.39. The van der Waals surface area contributed by atoms with Gasteiger partial charge in [-0.05, 0) is 34.7 Å². The van der Waals surface area contributed by atoms with E-state index in [1.807, 2.05) is 36.4 Å². The van der Waals surface area contributed by atoms with E-state index >= 15 is 0 Å². The van der Waals surface area contributed by atoms with Gasteiger partial charge in [0.2, 0.25) is 17.2 Å². The number of nitrogens with zero attached hydrogens (tertiary/aromatic N) is 4. The van der Waals surface area contributed by atoms with Gasteiger partial charge in [0.15, 0.2) is 11.5 Å². The highest BCUT2D eigenvalue weighted by atomic mass is 32.2. The minimum absolute atomic E-state index is 0.0247. The van der Waals surface area contributed by atoms with Gasteiger partial charge in [-0.1, -0.05) is 42.1 Å². The molecule has 1 aromatic heterocycles. The van der Waals surface area contributed by atoms with E-state index in [4.69, 9.17) is 9.47 Å². The Kier molecular flexibility index (Phi) is 5.20. The standard InChI is InChI=1S/C18H15N5O4S/c24-16(11-28-18-20-21-22-23(18)12-6-2-1-3-7-12)19-17(25)15-10-26-13-8-4-5-9-14(13)27-15/h1-9,15H,10-11H2,(H,19,24,25)/t15-/m0/s1. The number of ether oxygens (including phenoxy) is 2. The number of carbonyl (C=O) groups excluding carboxylic acids is 2. The van der Waals surface area contributed by atoms with Gasteiger partial charge < -0.3 is 9.47 Å². The van der Waals surface area contributed by atoms with E-state index in [-0.39, 0.29) is 12.4 Å². The predicted molar refractivity (Wildman–Crippen MR) is 99.4 cm³/mol. The fourth-order valence-corrected chi connectivity index (χ4v) is 3.22. The van der Waals surface area contributed by atoms with Crippen LogP contribution in [0.1, 0.15) is 0 Å². The van der Waals surface area contributed by atoms with Gasteiger partial charge in [0.25, 0.3) is 5.91 Å². The molecule has 1 N–H and O–H groups in total. The average molecular weight is 397 g/mol. The third-order valence-corrected chi connectivity index (χ3v) is 4.76. The second kappa shape index (κ2) is 8.09. The molecule has 2 heterocycles. The number of benzene rings is 2. The second-order valence-electron chi connectivity index (χ2n) is 5.77. The molecule has 10 heteroatoms. The Morgan fingerprint density at radius 3 is 2.68 bits per heavy atom. The van der Waals surface area contributed by atoms with E-state index in [0.717, 1.165) is 17.4 Å². The molecule has 2 amide bonds. The van der Waals surface area contributed by atoms with E-state index in [9.17, 15) is 9.59 Å². The topological polar surface area (TPSA) is 108 Å². The van der Waals surface area contributed by atoms with Gasteiger partial charge in [-0.25, -0.2) is 0 Å². The molecular formula is C18H15N5O4S. The molecule has 0 bridgehead atoms. The van der Waals surface area contributed by atoms with Crippen LogP contribution in [0.5, 0.6) is 11.5 Å². The van der Waals surface area contributed by atoms with Crippen molar-refractivity contribution in [2.24, 2.45) is 0 Å². The fraction of sp³-hybridized carbons (Fsp3) is 0.167. The summed E-state index contributed by atoms with van der Waals surface area (Å²) in [6, 6.07) is 16.4. The van der Waals surface area contributed by atoms with Crippen molar-refractivity contribution in [2.75, 3.05) is 12.4 Å². The summed E-state index contributed by atoms with van der Waals surface area (Å²) in [5.74, 6) is -0.00917. The lowest BCUT2D eigenvalue weighted by atomic mass is 10.2. The largest absolute Gasteiger partial charge is 0.485 e. The molecule has 0 radical (unpaired) electrons. The minimum atomic E-state index is -0.890. The van der Waals surface area contributed by atoms with Crippen molar-refractivity contribution in [3.63, 3.8) is 0 Å². The zero-order valence-corrected chi connectivity index (χ0v) is 15.3. The van der Waals surface area contributed by atoms with Crippen molar-refractivity contribution in [1.29, 1.82) is 0 Å². The van der Waals surface area contributed by atoms with Crippen molar-refractivity contribution in [3.8, 4) is 17.2 Å². The Hall–Kier alpha value is -3.40. The van der Waals surface area contributed by atoms with Gasteiger partial charge in [-0.15, -0.1) is 5.10 Å². The Bertz CT molecular complexity index is 994. The van der Waals surface area contributed by atoms with Crippen LogP contribution in [-0.2, 0) is 9.59 Å². The van der Waals surface area contributed by atoms with Crippen LogP contribution in [-0.4, -0.2) is 50.5 Å². The molecule has 1 aliphatic heterocycles. The summed E-state index contributed by atoms with van der Waals surface area (Å²) >= 11 is 1.12. The van der Waals surface area contributed by atoms with Crippen LogP contribution in [0.2, 0.25) is 0 Å². The molecule has 1 aliphatic rings. The first-order valence-corrected chi connectivity index (χ1v) is 9.38. The summed E-state index contributed by atoms with van der Waals surface area (Å²) in [6.45, 7) is 0.0372. The molecule has 28 heavy (non-hydrogen) atoms. The molecule has 4 rings (SSSR count). The zero-order valence-electron chi connectivity index (χ0n) is 14.5. The molecule has 1 atom stereocenters. The summed E-state index contributed by atoms with van der Waals surface area (Å²) < 4.78 is 12.6. The van der Waals surface area contributed by atoms with Crippen molar-refractivity contribution in [1.82, 2.24) is 25.5 Å². The smallest absolute Gasteiger partial charge is 0.271 e. The number of tetrazole rings is 1. The number of hydrogen-bond donors (Lipinski definition) is 1. The zero-order chi connectivity index (χ0) is 19.3. The number of hydrogen-bond acceptors (Lipinski definition) is 8. The average Bonchev–Trinajstić information content (AvgIpc) is 3.21. The number of aromatic nitrogens is 4. The van der Waals surface area contributed by atoms with Gasteiger partial charge in [0, 0.05) is 0 Å². The molecule has 0 unspecified atom stereocenters. The quantitative estimate of drug-likeness (QED) is 0.641. The summed E-state index contributed by atoms with van der Waals surface area (Å²) in [6.07, 6.45) is -0.890. The summed E-state index contributed by atoms with van der Waals surface area (Å²) in [4.78, 5) is 24.4. The number of carbonyl (C=O) groups is 2. The Labute approximate surface area is 164 Å². The first kappa shape index (κ1) is 18.0. The maximum Gasteiger partial charge on any atom is 0.271 e. The first-order chi connectivity index (χ1) is 13.7. The maximum atomic E-state index is 12.3. The maximum absolute atomic E-state index is 12.3. The number of fused-ring (bicyclic) bond motifs is 1. The summed E-state index contributed by atoms with van der Waals surface area (Å²) in [5, 5.41) is 14.2. The number of para-hydroxylation sites is 3. The third-order valence-electron chi connectivity index (χ3n) is 3.84. The molecule has 0 saturated heterocycles. The normalized spacial score (nSPS) is 15.1. The minimum Gasteiger partial charge on any atom is -0.485 e. The highest BCUT2D eigenvalue weighted by Crippen LogP contribution is 2.30. The van der Waals surface area contributed by atoms with Crippen molar-refractivity contribution < 1.29 is 19.1 Å². The Morgan fingerprint density at radius 2 is 1.86 bits per heavy atom. The number of amides is 2. The van der Waals surface area contributed by atoms with Crippen LogP contribution in [0.25, 0.3) is 5.69 Å². The van der Waals surface area contributed by atoms with Crippen molar-refractivity contribution >= 4 is 23.6 Å². The monoisotopic (exact) mass is 397 g/mol. The van der Waals surface area contributed by atoms with Crippen LogP contribution in [0.3, 0.4) is 0 Å². The van der Waals surface area contributed by atoms with Crippen LogP contribution >= 0.6 is 11.8 Å². The van der Waals surface area contributed by atoms with Gasteiger partial charge in [0.1, 0.15) is 6.61 Å². The van der Waals surface area contributed by atoms with E-state index in [0.29, 0.717) is 16.7 Å². The van der Waals surface area contributed by atoms with Crippen LogP contribution in [0.15, 0.2) is 59.8 Å². The lowest BCUT2D eigenvalue weighted by Gasteiger charge is -2.25. The lowest BCUT2D eigenvalue weighted by Crippen LogP contribution is -2.46. The van der Waals surface area contributed by atoms with Gasteiger partial charge in [-0.2, -0.15) is 4.68 Å². The van der Waals surface area contributed by atoms with Gasteiger partial charge in [-0.3, -0.25) is 14.9 Å². The van der Waals surface area contributed by atoms with E-state index in [2.05, 4.69) is 20.8 Å². The number of nitrogens with one attached hydrogen (secondary N) is 1. The second-order valence-corrected chi connectivity index (χ2v) is 6.72. The predicted octanol–water partition coefficient (Wildman–Crippen LogP) is 1.24. The molecule has 9 nitrogen and oxygen atoms in total. The molecule has 142 valence electrons. The summed E-state index contributed by atoms with van der Waals surface area (Å²) in [5.41, 5.74) is 0.776. The third kappa shape index (κ3) is 3.96. The molecule has 0 spiro atoms. The number of rotatable bonds is 5. The highest BCUT2D eigenvalue weighted by molar-refractivity contribution is 7.99. The molecule has 2 aromatic carbocycles. The Morgan fingerprint density at radius 1 is 1.11 bits per heavy atom. The van der Waals surface area contributed by atoms with Gasteiger partial charge in [0.05, 0.1) is 11.4 Å². The molecule has 0 saturated carbocycles. The van der Waals surface area contributed by atoms with E-state index in [1.54, 1.807) is 18.2 Å². The van der Waals surface area contributed by atoms with Gasteiger partial charge >= 0.3 is 0 Å². The number of imide groups is 1. The number of thioether (sulfide) groups is 1. The van der Waals surface area contributed by atoms with Crippen molar-refractivity contribution in [2.45, 2.75) is 11.3 Å². The van der Waals surface area contributed by atoms with Crippen LogP contribution in [0.4, 0.5) is 0 Å². The van der Waals surface area contributed by atoms with E-state index in [1.165, 1.54) is 4.68 Å². The van der Waals surface area contributed by atoms with Crippen molar-refractivity contribution in [3.05, 3.63) is 54.6 Å². The Balaban J connectivity index is 1.32. The molecule has 0 fully saturated rings. The molecule has 3 aromatic rings. The van der Waals surface area contributed by atoms with E-state index < -0.39 is 17.9 Å². The van der Waals surface area contributed by atoms with Crippen LogP contribution in [0, 0.1) is 0 Å². The summed E-state index contributed by atoms with van der Waals surface area (Å²) in [7, 11) is 0. The highest BCUT2D eigenvalue weighted by Gasteiger charge is 2.28.